The van der Waals surface area contributed by atoms with Gasteiger partial charge >= 0.3 is 0 Å². The molecule has 5 nitrogen and oxygen atoms in total. The quantitative estimate of drug-likeness (QED) is 0.786. The van der Waals surface area contributed by atoms with E-state index in [-0.39, 0.29) is 12.5 Å². The van der Waals surface area contributed by atoms with E-state index in [2.05, 4.69) is 10.2 Å². The fraction of sp³-hybridized carbons (Fsp3) is 0.522. The van der Waals surface area contributed by atoms with Crippen LogP contribution in [0.5, 0.6) is 0 Å². The molecule has 2 aromatic rings. The van der Waals surface area contributed by atoms with Gasteiger partial charge in [-0.2, -0.15) is 0 Å². The Hall–Kier alpha value is -2.25. The fourth-order valence-corrected chi connectivity index (χ4v) is 4.60. The third-order valence-electron chi connectivity index (χ3n) is 6.22. The minimum Gasteiger partial charge on any atom is -0.379 e. The Kier molecular flexibility index (Phi) is 6.49. The first kappa shape index (κ1) is 21.0. The molecule has 1 aromatic heterocycles. The highest BCUT2D eigenvalue weighted by molar-refractivity contribution is 5.95. The molecule has 0 unspecified atom stereocenters. The van der Waals surface area contributed by atoms with E-state index in [0.29, 0.717) is 17.8 Å². The van der Waals surface area contributed by atoms with Gasteiger partial charge in [-0.1, -0.05) is 6.07 Å². The number of fused-ring (bicyclic) bond motifs is 1. The van der Waals surface area contributed by atoms with Crippen molar-refractivity contribution in [3.05, 3.63) is 57.9 Å². The van der Waals surface area contributed by atoms with Gasteiger partial charge < -0.3 is 14.6 Å². The highest BCUT2D eigenvalue weighted by Crippen LogP contribution is 2.31. The molecule has 30 heavy (non-hydrogen) atoms. The lowest BCUT2D eigenvalue weighted by Gasteiger charge is -2.26. The van der Waals surface area contributed by atoms with Crippen molar-refractivity contribution in [2.45, 2.75) is 39.2 Å². The van der Waals surface area contributed by atoms with Gasteiger partial charge in [0.15, 0.2) is 0 Å². The summed E-state index contributed by atoms with van der Waals surface area (Å²) in [6.07, 6.45) is 3.97. The van der Waals surface area contributed by atoms with Crippen LogP contribution in [0.4, 0.5) is 8.78 Å². The minimum absolute atomic E-state index is 0.127. The molecule has 4 rings (SSSR count). The predicted octanol–water partition coefficient (Wildman–Crippen LogP) is 3.06. The SMILES string of the molecule is Cc1c2c(n(Cc3ccc(F)cc3F)c1C(=O)NCCN1CCOCC1)CCCC2. The van der Waals surface area contributed by atoms with Crippen molar-refractivity contribution in [1.29, 1.82) is 0 Å². The van der Waals surface area contributed by atoms with Gasteiger partial charge in [-0.05, 0) is 49.8 Å². The number of amides is 1. The number of rotatable bonds is 6. The smallest absolute Gasteiger partial charge is 0.268 e. The van der Waals surface area contributed by atoms with Gasteiger partial charge in [0.2, 0.25) is 0 Å². The maximum Gasteiger partial charge on any atom is 0.268 e. The molecule has 2 aliphatic rings. The third kappa shape index (κ3) is 4.42. The largest absolute Gasteiger partial charge is 0.379 e. The van der Waals surface area contributed by atoms with Crippen molar-refractivity contribution >= 4 is 5.91 Å². The van der Waals surface area contributed by atoms with Crippen LogP contribution in [0, 0.1) is 18.6 Å². The predicted molar refractivity (Wildman–Crippen MR) is 111 cm³/mol. The highest BCUT2D eigenvalue weighted by atomic mass is 19.1. The zero-order chi connectivity index (χ0) is 21.1. The molecule has 1 N–H and O–H groups in total. The van der Waals surface area contributed by atoms with Gasteiger partial charge in [-0.15, -0.1) is 0 Å². The van der Waals surface area contributed by atoms with E-state index >= 15 is 0 Å². The second-order valence-electron chi connectivity index (χ2n) is 8.14. The third-order valence-corrected chi connectivity index (χ3v) is 6.22. The monoisotopic (exact) mass is 417 g/mol. The molecule has 0 radical (unpaired) electrons. The Balaban J connectivity index is 1.56. The average Bonchev–Trinajstić information content (AvgIpc) is 3.03. The van der Waals surface area contributed by atoms with Gasteiger partial charge in [0.25, 0.3) is 5.91 Å². The molecule has 2 heterocycles. The molecule has 162 valence electrons. The normalized spacial score (nSPS) is 17.0. The van der Waals surface area contributed by atoms with Gasteiger partial charge in [0.1, 0.15) is 17.3 Å². The molecule has 0 spiro atoms. The average molecular weight is 418 g/mol. The number of nitrogens with one attached hydrogen (secondary N) is 1. The van der Waals surface area contributed by atoms with E-state index in [4.69, 9.17) is 4.74 Å². The van der Waals surface area contributed by atoms with Gasteiger partial charge in [-0.3, -0.25) is 9.69 Å². The van der Waals surface area contributed by atoms with Crippen molar-refractivity contribution in [3.63, 3.8) is 0 Å². The Bertz CT molecular complexity index is 920. The number of aromatic nitrogens is 1. The van der Waals surface area contributed by atoms with E-state index in [9.17, 15) is 13.6 Å². The molecule has 1 saturated heterocycles. The van der Waals surface area contributed by atoms with Crippen LogP contribution >= 0.6 is 0 Å². The number of carbonyl (C=O) groups excluding carboxylic acids is 1. The summed E-state index contributed by atoms with van der Waals surface area (Å²) >= 11 is 0. The zero-order valence-corrected chi connectivity index (χ0v) is 17.5. The molecular formula is C23H29F2N3O2. The van der Waals surface area contributed by atoms with Crippen molar-refractivity contribution in [1.82, 2.24) is 14.8 Å². The number of halogens is 2. The molecule has 0 saturated carbocycles. The van der Waals surface area contributed by atoms with Gasteiger partial charge in [0, 0.05) is 43.5 Å². The van der Waals surface area contributed by atoms with Crippen LogP contribution in [0.2, 0.25) is 0 Å². The number of hydrogen-bond acceptors (Lipinski definition) is 3. The fourth-order valence-electron chi connectivity index (χ4n) is 4.60. The van der Waals surface area contributed by atoms with Crippen molar-refractivity contribution in [2.75, 3.05) is 39.4 Å². The van der Waals surface area contributed by atoms with Gasteiger partial charge in [0.05, 0.1) is 19.8 Å². The summed E-state index contributed by atoms with van der Waals surface area (Å²) in [4.78, 5) is 15.4. The summed E-state index contributed by atoms with van der Waals surface area (Å²) < 4.78 is 35.0. The highest BCUT2D eigenvalue weighted by Gasteiger charge is 2.26. The number of ether oxygens (including phenoxy) is 1. The van der Waals surface area contributed by atoms with Crippen LogP contribution in [0.15, 0.2) is 18.2 Å². The lowest BCUT2D eigenvalue weighted by atomic mass is 9.95. The number of morpholine rings is 1. The Labute approximate surface area is 176 Å². The first-order valence-corrected chi connectivity index (χ1v) is 10.8. The van der Waals surface area contributed by atoms with Crippen LogP contribution < -0.4 is 5.32 Å². The maximum atomic E-state index is 14.3. The Morgan fingerprint density at radius 2 is 1.93 bits per heavy atom. The van der Waals surface area contributed by atoms with Crippen molar-refractivity contribution in [3.8, 4) is 0 Å². The number of benzene rings is 1. The van der Waals surface area contributed by atoms with Crippen LogP contribution in [-0.2, 0) is 24.1 Å². The molecule has 1 aliphatic heterocycles. The number of hydrogen-bond donors (Lipinski definition) is 1. The maximum absolute atomic E-state index is 14.3. The number of nitrogens with zero attached hydrogens (tertiary/aromatic N) is 2. The Morgan fingerprint density at radius 1 is 1.17 bits per heavy atom. The summed E-state index contributed by atoms with van der Waals surface area (Å²) in [7, 11) is 0. The van der Waals surface area contributed by atoms with E-state index in [1.807, 2.05) is 11.5 Å². The Morgan fingerprint density at radius 3 is 2.70 bits per heavy atom. The standard InChI is InChI=1S/C23H29F2N3O2/c1-16-19-4-2-3-5-21(19)28(15-17-6-7-18(24)14-20(17)25)22(16)23(29)26-8-9-27-10-12-30-13-11-27/h6-7,14H,2-5,8-13,15H2,1H3,(H,26,29). The summed E-state index contributed by atoms with van der Waals surface area (Å²) in [6.45, 7) is 6.76. The second-order valence-corrected chi connectivity index (χ2v) is 8.14. The molecule has 1 fully saturated rings. The van der Waals surface area contributed by atoms with Gasteiger partial charge in [-0.25, -0.2) is 8.78 Å². The minimum atomic E-state index is -0.594. The van der Waals surface area contributed by atoms with Crippen LogP contribution in [0.25, 0.3) is 0 Å². The molecule has 0 atom stereocenters. The molecular weight excluding hydrogens is 388 g/mol. The molecule has 0 bridgehead atoms. The van der Waals surface area contributed by atoms with E-state index in [0.717, 1.165) is 75.9 Å². The van der Waals surface area contributed by atoms with Crippen LogP contribution in [0.3, 0.4) is 0 Å². The molecule has 7 heteroatoms. The summed E-state index contributed by atoms with van der Waals surface area (Å²) in [5.74, 6) is -1.30. The molecule has 1 amide bonds. The zero-order valence-electron chi connectivity index (χ0n) is 17.5. The van der Waals surface area contributed by atoms with Crippen molar-refractivity contribution in [2.24, 2.45) is 0 Å². The van der Waals surface area contributed by atoms with E-state index in [1.165, 1.54) is 17.7 Å². The lowest BCUT2D eigenvalue weighted by molar-refractivity contribution is 0.0383. The summed E-state index contributed by atoms with van der Waals surface area (Å²) in [6, 6.07) is 3.64. The van der Waals surface area contributed by atoms with Crippen molar-refractivity contribution < 1.29 is 18.3 Å². The molecule has 1 aromatic carbocycles. The first-order chi connectivity index (χ1) is 14.5. The molecule has 1 aliphatic carbocycles. The summed E-state index contributed by atoms with van der Waals surface area (Å²) in [5, 5.41) is 3.05. The van der Waals surface area contributed by atoms with E-state index < -0.39 is 11.6 Å². The van der Waals surface area contributed by atoms with Crippen LogP contribution in [-0.4, -0.2) is 54.8 Å². The topological polar surface area (TPSA) is 46.5 Å². The first-order valence-electron chi connectivity index (χ1n) is 10.8. The lowest BCUT2D eigenvalue weighted by Crippen LogP contribution is -2.41. The van der Waals surface area contributed by atoms with E-state index in [1.54, 1.807) is 0 Å². The second kappa shape index (κ2) is 9.27. The summed E-state index contributed by atoms with van der Waals surface area (Å²) in [5.41, 5.74) is 4.30. The van der Waals surface area contributed by atoms with Crippen LogP contribution in [0.1, 0.15) is 45.7 Å². The number of carbonyl (C=O) groups is 1.